The number of aromatic amines is 1. The number of aromatic nitrogens is 1. The number of nitrogens with one attached hydrogen (secondary N) is 1. The Balaban J connectivity index is 2.31. The maximum absolute atomic E-state index is 8.86. The van der Waals surface area contributed by atoms with Crippen molar-refractivity contribution in [1.82, 2.24) is 4.98 Å². The van der Waals surface area contributed by atoms with Gasteiger partial charge in [0.05, 0.1) is 20.6 Å². The largest absolute Gasteiger partial charge is 0.389 e. The molecule has 23 heavy (non-hydrogen) atoms. The number of H-pyrrole nitrogens is 1. The maximum Gasteiger partial charge on any atom is 0.114 e. The number of hydrogen-bond donors (Lipinski definition) is 2. The van der Waals surface area contributed by atoms with Gasteiger partial charge in [-0.05, 0) is 36.4 Å². The van der Waals surface area contributed by atoms with Crippen LogP contribution in [0.3, 0.4) is 0 Å². The van der Waals surface area contributed by atoms with Crippen molar-refractivity contribution in [2.24, 2.45) is 5.73 Å². The molecule has 0 spiro atoms. The van der Waals surface area contributed by atoms with Crippen LogP contribution in [-0.2, 0) is 0 Å². The number of allylic oxidation sites excluding steroid dienone is 2. The molecule has 3 N–H and O–H groups in total. The average Bonchev–Trinajstić information content (AvgIpc) is 2.96. The molecule has 0 radical (unpaired) electrons. The Kier molecular flexibility index (Phi) is 5.86. The SMILES string of the molecule is N#C/C(=C/C=C/c1ccc(-c2c(Cl)ccc(Cl)c2Cl)[nH]1)C(N)=S. The van der Waals surface area contributed by atoms with Gasteiger partial charge < -0.3 is 10.7 Å². The van der Waals surface area contributed by atoms with Crippen molar-refractivity contribution in [3.8, 4) is 17.3 Å². The van der Waals surface area contributed by atoms with Crippen LogP contribution in [0.2, 0.25) is 15.1 Å². The summed E-state index contributed by atoms with van der Waals surface area (Å²) in [4.78, 5) is 3.23. The third-order valence-electron chi connectivity index (χ3n) is 2.95. The molecule has 0 fully saturated rings. The zero-order chi connectivity index (χ0) is 17.0. The Morgan fingerprint density at radius 3 is 2.52 bits per heavy atom. The fourth-order valence-corrected chi connectivity index (χ4v) is 2.70. The third-order valence-corrected chi connectivity index (χ3v) is 4.29. The summed E-state index contributed by atoms with van der Waals surface area (Å²) in [7, 11) is 0. The molecule has 1 aromatic carbocycles. The quantitative estimate of drug-likeness (QED) is 0.245. The van der Waals surface area contributed by atoms with Gasteiger partial charge in [0.1, 0.15) is 11.1 Å². The summed E-state index contributed by atoms with van der Waals surface area (Å²) in [6, 6.07) is 8.94. The number of rotatable bonds is 4. The minimum Gasteiger partial charge on any atom is -0.389 e. The van der Waals surface area contributed by atoms with E-state index in [9.17, 15) is 0 Å². The van der Waals surface area contributed by atoms with Crippen LogP contribution in [0, 0.1) is 11.3 Å². The van der Waals surface area contributed by atoms with Crippen LogP contribution in [0.1, 0.15) is 5.69 Å². The molecule has 1 heterocycles. The van der Waals surface area contributed by atoms with Crippen molar-refractivity contribution in [3.05, 3.63) is 62.8 Å². The lowest BCUT2D eigenvalue weighted by Gasteiger charge is -2.06. The number of hydrogen-bond acceptors (Lipinski definition) is 2. The lowest BCUT2D eigenvalue weighted by molar-refractivity contribution is 1.37. The van der Waals surface area contributed by atoms with Gasteiger partial charge in [-0.25, -0.2) is 0 Å². The molecule has 0 saturated heterocycles. The van der Waals surface area contributed by atoms with Crippen molar-refractivity contribution in [2.45, 2.75) is 0 Å². The molecule has 0 saturated carbocycles. The summed E-state index contributed by atoms with van der Waals surface area (Å²) in [6.07, 6.45) is 4.99. The van der Waals surface area contributed by atoms with Gasteiger partial charge in [-0.2, -0.15) is 5.26 Å². The van der Waals surface area contributed by atoms with E-state index in [4.69, 9.17) is 58.0 Å². The average molecular weight is 383 g/mol. The first kappa shape index (κ1) is 17.6. The molecule has 0 atom stereocenters. The van der Waals surface area contributed by atoms with Gasteiger partial charge in [0.15, 0.2) is 0 Å². The number of nitrogens with zero attached hydrogens (tertiary/aromatic N) is 1. The topological polar surface area (TPSA) is 65.6 Å². The van der Waals surface area contributed by atoms with Crippen LogP contribution in [0.4, 0.5) is 0 Å². The van der Waals surface area contributed by atoms with Gasteiger partial charge in [-0.15, -0.1) is 0 Å². The molecule has 7 heteroatoms. The molecule has 0 aliphatic rings. The predicted molar refractivity (Wildman–Crippen MR) is 101 cm³/mol. The first-order valence-corrected chi connectivity index (χ1v) is 7.89. The Morgan fingerprint density at radius 1 is 1.17 bits per heavy atom. The molecule has 2 aromatic rings. The molecular formula is C16H10Cl3N3S. The van der Waals surface area contributed by atoms with E-state index in [1.807, 2.05) is 18.2 Å². The fraction of sp³-hybridized carbons (Fsp3) is 0. The van der Waals surface area contributed by atoms with E-state index in [-0.39, 0.29) is 10.6 Å². The summed E-state index contributed by atoms with van der Waals surface area (Å²) in [5.41, 5.74) is 7.82. The number of nitriles is 1. The summed E-state index contributed by atoms with van der Waals surface area (Å²) in [6.45, 7) is 0. The lowest BCUT2D eigenvalue weighted by atomic mass is 10.1. The Morgan fingerprint density at radius 2 is 1.87 bits per heavy atom. The van der Waals surface area contributed by atoms with Crippen molar-refractivity contribution >= 4 is 58.1 Å². The molecule has 0 amide bonds. The summed E-state index contributed by atoms with van der Waals surface area (Å²) in [5.74, 6) is 0. The second-order valence-electron chi connectivity index (χ2n) is 4.46. The fourth-order valence-electron chi connectivity index (χ4n) is 1.85. The molecule has 0 bridgehead atoms. The zero-order valence-electron chi connectivity index (χ0n) is 11.6. The number of nitrogens with two attached hydrogens (primary N) is 1. The van der Waals surface area contributed by atoms with Gasteiger partial charge in [0.25, 0.3) is 0 Å². The molecule has 0 unspecified atom stereocenters. The third kappa shape index (κ3) is 4.15. The molecule has 0 aliphatic heterocycles. The van der Waals surface area contributed by atoms with Crippen LogP contribution < -0.4 is 5.73 Å². The van der Waals surface area contributed by atoms with Gasteiger partial charge >= 0.3 is 0 Å². The minimum atomic E-state index is 0.0572. The zero-order valence-corrected chi connectivity index (χ0v) is 14.7. The van der Waals surface area contributed by atoms with E-state index in [1.165, 1.54) is 0 Å². The van der Waals surface area contributed by atoms with Crippen molar-refractivity contribution in [2.75, 3.05) is 0 Å². The molecule has 1 aromatic heterocycles. The van der Waals surface area contributed by atoms with E-state index in [0.717, 1.165) is 11.4 Å². The smallest absolute Gasteiger partial charge is 0.114 e. The van der Waals surface area contributed by atoms with Gasteiger partial charge in [0, 0.05) is 17.0 Å². The minimum absolute atomic E-state index is 0.0572. The van der Waals surface area contributed by atoms with E-state index in [0.29, 0.717) is 20.6 Å². The maximum atomic E-state index is 8.86. The summed E-state index contributed by atoms with van der Waals surface area (Å²) >= 11 is 23.2. The van der Waals surface area contributed by atoms with Crippen LogP contribution in [0.25, 0.3) is 17.3 Å². The van der Waals surface area contributed by atoms with Crippen LogP contribution in [0.5, 0.6) is 0 Å². The standard InChI is InChI=1S/C16H10Cl3N3S/c17-11-5-6-12(18)15(19)14(11)13-7-4-10(22-13)3-1-2-9(8-20)16(21)23/h1-7,22H,(H2,21,23)/b3-1+,9-2-. The monoisotopic (exact) mass is 381 g/mol. The van der Waals surface area contributed by atoms with Crippen LogP contribution in [-0.4, -0.2) is 9.97 Å². The van der Waals surface area contributed by atoms with E-state index in [2.05, 4.69) is 4.98 Å². The summed E-state index contributed by atoms with van der Waals surface area (Å²) in [5, 5.41) is 10.2. The van der Waals surface area contributed by atoms with E-state index < -0.39 is 0 Å². The van der Waals surface area contributed by atoms with Gasteiger partial charge in [-0.3, -0.25) is 0 Å². The van der Waals surface area contributed by atoms with Gasteiger partial charge in [-0.1, -0.05) is 53.1 Å². The Labute approximate surface area is 154 Å². The van der Waals surface area contributed by atoms with Crippen molar-refractivity contribution in [1.29, 1.82) is 5.26 Å². The Hall–Kier alpha value is -1.77. The molecule has 116 valence electrons. The van der Waals surface area contributed by atoms with Crippen LogP contribution in [0.15, 0.2) is 42.0 Å². The number of halogens is 3. The van der Waals surface area contributed by atoms with Crippen molar-refractivity contribution < 1.29 is 0 Å². The van der Waals surface area contributed by atoms with E-state index in [1.54, 1.807) is 30.4 Å². The normalized spacial score (nSPS) is 11.7. The Bertz CT molecular complexity index is 860. The van der Waals surface area contributed by atoms with Crippen LogP contribution >= 0.6 is 47.0 Å². The van der Waals surface area contributed by atoms with Crippen molar-refractivity contribution in [3.63, 3.8) is 0 Å². The summed E-state index contributed by atoms with van der Waals surface area (Å²) < 4.78 is 0. The molecule has 3 nitrogen and oxygen atoms in total. The highest BCUT2D eigenvalue weighted by molar-refractivity contribution is 7.80. The molecular weight excluding hydrogens is 373 g/mol. The second-order valence-corrected chi connectivity index (χ2v) is 6.09. The molecule has 2 rings (SSSR count). The van der Waals surface area contributed by atoms with Gasteiger partial charge in [0.2, 0.25) is 0 Å². The first-order valence-electron chi connectivity index (χ1n) is 6.35. The second kappa shape index (κ2) is 7.67. The lowest BCUT2D eigenvalue weighted by Crippen LogP contribution is -2.09. The highest BCUT2D eigenvalue weighted by atomic mass is 35.5. The highest BCUT2D eigenvalue weighted by Crippen LogP contribution is 2.38. The number of thiocarbonyl (C=S) groups is 1. The highest BCUT2D eigenvalue weighted by Gasteiger charge is 2.13. The molecule has 0 aliphatic carbocycles. The first-order chi connectivity index (χ1) is 10.9. The number of benzene rings is 1. The predicted octanol–water partition coefficient (Wildman–Crippen LogP) is 5.39. The van der Waals surface area contributed by atoms with E-state index >= 15 is 0 Å².